The maximum absolute atomic E-state index is 4.76. The van der Waals surface area contributed by atoms with Gasteiger partial charge in [0.2, 0.25) is 0 Å². The Kier molecular flexibility index (Phi) is 5.03. The van der Waals surface area contributed by atoms with Gasteiger partial charge < -0.3 is 5.32 Å². The van der Waals surface area contributed by atoms with Gasteiger partial charge in [-0.3, -0.25) is 4.68 Å². The molecule has 0 amide bonds. The minimum atomic E-state index is 0.513. The molecule has 1 N–H and O–H groups in total. The molecule has 0 bridgehead atoms. The molecule has 0 aromatic carbocycles. The summed E-state index contributed by atoms with van der Waals surface area (Å²) in [6.45, 7) is 6.83. The van der Waals surface area contributed by atoms with Crippen LogP contribution in [-0.4, -0.2) is 22.9 Å². The van der Waals surface area contributed by atoms with Gasteiger partial charge in [0.05, 0.1) is 5.69 Å². The highest BCUT2D eigenvalue weighted by atomic mass is 15.3. The molecular weight excluding hydrogens is 234 g/mol. The maximum atomic E-state index is 4.76. The van der Waals surface area contributed by atoms with E-state index in [-0.39, 0.29) is 0 Å². The number of hydrogen-bond donors (Lipinski definition) is 1. The lowest BCUT2D eigenvalue weighted by atomic mass is 9.77. The van der Waals surface area contributed by atoms with E-state index in [2.05, 4.69) is 50.1 Å². The summed E-state index contributed by atoms with van der Waals surface area (Å²) in [5.41, 5.74) is 1.26. The Morgan fingerprint density at radius 1 is 1.47 bits per heavy atom. The van der Waals surface area contributed by atoms with Gasteiger partial charge in [-0.15, -0.1) is 0 Å². The van der Waals surface area contributed by atoms with Crippen LogP contribution in [0.4, 0.5) is 0 Å². The molecule has 3 nitrogen and oxygen atoms in total. The van der Waals surface area contributed by atoms with E-state index in [0.717, 1.165) is 24.7 Å². The molecule has 0 saturated heterocycles. The molecule has 0 spiro atoms. The second-order valence-corrected chi connectivity index (χ2v) is 6.32. The standard InChI is InChI=1S/C16H29N3/c1-5-13(3)19-9-8-15(18-19)11-14-10-12(2)6-7-16(14)17-4/h8-9,12-14,16-17H,5-7,10-11H2,1-4H3. The first-order valence-corrected chi connectivity index (χ1v) is 7.85. The normalized spacial score (nSPS) is 29.4. The third-order valence-corrected chi connectivity index (χ3v) is 4.79. The molecule has 108 valence electrons. The summed E-state index contributed by atoms with van der Waals surface area (Å²) in [4.78, 5) is 0. The molecule has 0 radical (unpaired) electrons. The summed E-state index contributed by atoms with van der Waals surface area (Å²) < 4.78 is 2.12. The number of hydrogen-bond acceptors (Lipinski definition) is 2. The van der Waals surface area contributed by atoms with Crippen LogP contribution in [0.2, 0.25) is 0 Å². The van der Waals surface area contributed by atoms with Crippen LogP contribution in [0.5, 0.6) is 0 Å². The van der Waals surface area contributed by atoms with E-state index in [9.17, 15) is 0 Å². The van der Waals surface area contributed by atoms with Crippen molar-refractivity contribution in [2.45, 2.75) is 65.0 Å². The van der Waals surface area contributed by atoms with Crippen LogP contribution in [0, 0.1) is 11.8 Å². The highest BCUT2D eigenvalue weighted by Gasteiger charge is 2.28. The van der Waals surface area contributed by atoms with Crippen LogP contribution >= 0.6 is 0 Å². The molecule has 1 heterocycles. The average molecular weight is 263 g/mol. The quantitative estimate of drug-likeness (QED) is 0.882. The van der Waals surface area contributed by atoms with Crippen LogP contribution in [0.1, 0.15) is 58.2 Å². The van der Waals surface area contributed by atoms with Gasteiger partial charge in [0, 0.05) is 18.3 Å². The summed E-state index contributed by atoms with van der Waals surface area (Å²) in [5.74, 6) is 1.61. The van der Waals surface area contributed by atoms with E-state index in [0.29, 0.717) is 12.1 Å². The van der Waals surface area contributed by atoms with Gasteiger partial charge in [-0.2, -0.15) is 5.10 Å². The number of nitrogens with one attached hydrogen (secondary N) is 1. The summed E-state index contributed by atoms with van der Waals surface area (Å²) in [5, 5.41) is 8.26. The molecule has 1 fully saturated rings. The third-order valence-electron chi connectivity index (χ3n) is 4.79. The SMILES string of the molecule is CCC(C)n1ccc(CC2CC(C)CCC2NC)n1. The van der Waals surface area contributed by atoms with Crippen molar-refractivity contribution < 1.29 is 0 Å². The Bertz CT molecular complexity index is 385. The van der Waals surface area contributed by atoms with E-state index in [1.54, 1.807) is 0 Å². The van der Waals surface area contributed by atoms with Crippen molar-refractivity contribution in [3.8, 4) is 0 Å². The maximum Gasteiger partial charge on any atom is 0.0628 e. The Morgan fingerprint density at radius 2 is 2.26 bits per heavy atom. The highest BCUT2D eigenvalue weighted by molar-refractivity contribution is 5.03. The van der Waals surface area contributed by atoms with Crippen molar-refractivity contribution in [2.24, 2.45) is 11.8 Å². The zero-order valence-corrected chi connectivity index (χ0v) is 12.9. The van der Waals surface area contributed by atoms with E-state index in [4.69, 9.17) is 5.10 Å². The van der Waals surface area contributed by atoms with E-state index >= 15 is 0 Å². The first-order valence-electron chi connectivity index (χ1n) is 7.85. The van der Waals surface area contributed by atoms with Crippen molar-refractivity contribution in [3.63, 3.8) is 0 Å². The lowest BCUT2D eigenvalue weighted by Gasteiger charge is -2.34. The van der Waals surface area contributed by atoms with Crippen LogP contribution < -0.4 is 5.32 Å². The van der Waals surface area contributed by atoms with Crippen LogP contribution in [0.15, 0.2) is 12.3 Å². The van der Waals surface area contributed by atoms with Gasteiger partial charge in [-0.25, -0.2) is 0 Å². The van der Waals surface area contributed by atoms with Crippen LogP contribution in [0.3, 0.4) is 0 Å². The Labute approximate surface area is 117 Å². The largest absolute Gasteiger partial charge is 0.317 e. The third kappa shape index (κ3) is 3.59. The van der Waals surface area contributed by atoms with Crippen molar-refractivity contribution >= 4 is 0 Å². The first-order chi connectivity index (χ1) is 9.13. The average Bonchev–Trinajstić information content (AvgIpc) is 2.86. The van der Waals surface area contributed by atoms with Crippen molar-refractivity contribution in [2.75, 3.05) is 7.05 Å². The second kappa shape index (κ2) is 6.56. The fraction of sp³-hybridized carbons (Fsp3) is 0.812. The molecule has 1 aromatic rings. The molecule has 0 aliphatic heterocycles. The van der Waals surface area contributed by atoms with Crippen molar-refractivity contribution in [1.82, 2.24) is 15.1 Å². The predicted octanol–water partition coefficient (Wildman–Crippen LogP) is 3.42. The Balaban J connectivity index is 2.00. The number of aromatic nitrogens is 2. The van der Waals surface area contributed by atoms with Crippen molar-refractivity contribution in [1.29, 1.82) is 0 Å². The van der Waals surface area contributed by atoms with E-state index in [1.165, 1.54) is 25.0 Å². The smallest absolute Gasteiger partial charge is 0.0628 e. The Hall–Kier alpha value is -0.830. The van der Waals surface area contributed by atoms with Gasteiger partial charge >= 0.3 is 0 Å². The zero-order chi connectivity index (χ0) is 13.8. The summed E-state index contributed by atoms with van der Waals surface area (Å²) in [6.07, 6.45) is 8.42. The Morgan fingerprint density at radius 3 is 2.95 bits per heavy atom. The molecule has 4 atom stereocenters. The van der Waals surface area contributed by atoms with Gasteiger partial charge in [0.15, 0.2) is 0 Å². The lowest BCUT2D eigenvalue weighted by molar-refractivity contribution is 0.218. The van der Waals surface area contributed by atoms with Crippen LogP contribution in [0.25, 0.3) is 0 Å². The fourth-order valence-electron chi connectivity index (χ4n) is 3.29. The zero-order valence-electron chi connectivity index (χ0n) is 12.9. The van der Waals surface area contributed by atoms with Gasteiger partial charge in [-0.1, -0.05) is 13.8 Å². The predicted molar refractivity (Wildman–Crippen MR) is 80.3 cm³/mol. The van der Waals surface area contributed by atoms with Gasteiger partial charge in [0.1, 0.15) is 0 Å². The lowest BCUT2D eigenvalue weighted by Crippen LogP contribution is -2.39. The molecule has 1 saturated carbocycles. The molecule has 1 aliphatic rings. The molecular formula is C16H29N3. The highest BCUT2D eigenvalue weighted by Crippen LogP contribution is 2.31. The minimum Gasteiger partial charge on any atom is -0.317 e. The summed E-state index contributed by atoms with van der Waals surface area (Å²) >= 11 is 0. The number of nitrogens with zero attached hydrogens (tertiary/aromatic N) is 2. The molecule has 1 aliphatic carbocycles. The minimum absolute atomic E-state index is 0.513. The molecule has 19 heavy (non-hydrogen) atoms. The summed E-state index contributed by atoms with van der Waals surface area (Å²) in [7, 11) is 2.10. The number of rotatable bonds is 5. The molecule has 3 heteroatoms. The first kappa shape index (κ1) is 14.6. The van der Waals surface area contributed by atoms with Gasteiger partial charge in [0.25, 0.3) is 0 Å². The van der Waals surface area contributed by atoms with Crippen molar-refractivity contribution in [3.05, 3.63) is 18.0 Å². The molecule has 2 rings (SSSR count). The topological polar surface area (TPSA) is 29.9 Å². The monoisotopic (exact) mass is 263 g/mol. The van der Waals surface area contributed by atoms with Gasteiger partial charge in [-0.05, 0) is 64.0 Å². The van der Waals surface area contributed by atoms with Crippen LogP contribution in [-0.2, 0) is 6.42 Å². The van der Waals surface area contributed by atoms with E-state index < -0.39 is 0 Å². The second-order valence-electron chi connectivity index (χ2n) is 6.32. The molecule has 4 unspecified atom stereocenters. The summed E-state index contributed by atoms with van der Waals surface area (Å²) in [6, 6.07) is 3.39. The van der Waals surface area contributed by atoms with E-state index in [1.807, 2.05) is 0 Å². The fourth-order valence-corrected chi connectivity index (χ4v) is 3.29. The molecule has 1 aromatic heterocycles.